The fourth-order valence-electron chi connectivity index (χ4n) is 3.31. The molecule has 2 nitrogen and oxygen atoms in total. The summed E-state index contributed by atoms with van der Waals surface area (Å²) >= 11 is 0. The van der Waals surface area contributed by atoms with Gasteiger partial charge in [-0.3, -0.25) is 0 Å². The Morgan fingerprint density at radius 1 is 0.619 bits per heavy atom. The van der Waals surface area contributed by atoms with Gasteiger partial charge in [0.1, 0.15) is 0 Å². The number of aliphatic hydroxyl groups excluding tert-OH is 2. The fraction of sp³-hybridized carbons (Fsp3) is 1.00. The molecular weight excluding hydrogens is 260 g/mol. The van der Waals surface area contributed by atoms with Crippen LogP contribution in [0.5, 0.6) is 0 Å². The monoisotopic (exact) mass is 300 g/mol. The molecule has 0 saturated heterocycles. The van der Waals surface area contributed by atoms with Crippen LogP contribution in [-0.2, 0) is 0 Å². The minimum atomic E-state index is -0.152. The van der Waals surface area contributed by atoms with Crippen molar-refractivity contribution in [2.75, 3.05) is 0 Å². The Bertz CT molecular complexity index is 214. The third-order valence-corrected chi connectivity index (χ3v) is 5.03. The van der Waals surface area contributed by atoms with Crippen molar-refractivity contribution >= 4 is 0 Å². The van der Waals surface area contributed by atoms with Gasteiger partial charge in [0.15, 0.2) is 0 Å². The standard InChI is InChI=1S/C19H40O2/c1-7-16(18(20)14(3)4)12-10-9-11-13-17(8-2)19(21)15(5)6/h14-21H,7-13H2,1-6H3. The first-order valence-corrected chi connectivity index (χ1v) is 9.21. The highest BCUT2D eigenvalue weighted by atomic mass is 16.3. The lowest BCUT2D eigenvalue weighted by Gasteiger charge is -2.26. The van der Waals surface area contributed by atoms with Crippen LogP contribution in [0.25, 0.3) is 0 Å². The van der Waals surface area contributed by atoms with Gasteiger partial charge in [-0.2, -0.15) is 0 Å². The minimum absolute atomic E-state index is 0.152. The molecule has 0 rings (SSSR count). The highest BCUT2D eigenvalue weighted by molar-refractivity contribution is 4.72. The number of hydrogen-bond donors (Lipinski definition) is 2. The van der Waals surface area contributed by atoms with Gasteiger partial charge in [-0.15, -0.1) is 0 Å². The van der Waals surface area contributed by atoms with Crippen molar-refractivity contribution in [3.05, 3.63) is 0 Å². The molecule has 0 fully saturated rings. The smallest absolute Gasteiger partial charge is 0.0591 e. The lowest BCUT2D eigenvalue weighted by molar-refractivity contribution is 0.0536. The summed E-state index contributed by atoms with van der Waals surface area (Å²) in [5.41, 5.74) is 0. The molecule has 0 aromatic heterocycles. The molecule has 4 unspecified atom stereocenters. The van der Waals surface area contributed by atoms with E-state index < -0.39 is 0 Å². The summed E-state index contributed by atoms with van der Waals surface area (Å²) in [6, 6.07) is 0. The number of rotatable bonds is 12. The number of unbranched alkanes of at least 4 members (excludes halogenated alkanes) is 2. The van der Waals surface area contributed by atoms with Crippen LogP contribution < -0.4 is 0 Å². The predicted octanol–water partition coefficient (Wildman–Crippen LogP) is 5.02. The van der Waals surface area contributed by atoms with E-state index in [1.54, 1.807) is 0 Å². The Kier molecular flexibility index (Phi) is 11.4. The summed E-state index contributed by atoms with van der Waals surface area (Å²) in [4.78, 5) is 0. The van der Waals surface area contributed by atoms with Gasteiger partial charge in [-0.05, 0) is 36.5 Å². The first-order valence-electron chi connectivity index (χ1n) is 9.21. The average molecular weight is 301 g/mol. The van der Waals surface area contributed by atoms with E-state index in [1.165, 1.54) is 19.3 Å². The van der Waals surface area contributed by atoms with E-state index in [0.29, 0.717) is 23.7 Å². The molecule has 0 spiro atoms. The van der Waals surface area contributed by atoms with Gasteiger partial charge < -0.3 is 10.2 Å². The van der Waals surface area contributed by atoms with E-state index in [4.69, 9.17) is 0 Å². The Balaban J connectivity index is 3.93. The van der Waals surface area contributed by atoms with E-state index in [0.717, 1.165) is 25.7 Å². The maximum absolute atomic E-state index is 10.2. The van der Waals surface area contributed by atoms with Crippen molar-refractivity contribution < 1.29 is 10.2 Å². The van der Waals surface area contributed by atoms with E-state index in [-0.39, 0.29) is 12.2 Å². The third kappa shape index (κ3) is 8.21. The number of aliphatic hydroxyl groups is 2. The second-order valence-corrected chi connectivity index (χ2v) is 7.44. The molecule has 0 aromatic rings. The lowest BCUT2D eigenvalue weighted by Crippen LogP contribution is -2.26. The van der Waals surface area contributed by atoms with Crippen molar-refractivity contribution in [1.82, 2.24) is 0 Å². The molecule has 2 heteroatoms. The molecule has 0 radical (unpaired) electrons. The maximum atomic E-state index is 10.2. The largest absolute Gasteiger partial charge is 0.393 e. The summed E-state index contributed by atoms with van der Waals surface area (Å²) < 4.78 is 0. The summed E-state index contributed by atoms with van der Waals surface area (Å²) in [5, 5.41) is 20.3. The molecule has 2 N–H and O–H groups in total. The SMILES string of the molecule is CCC(CCCCCC(CC)C(O)C(C)C)C(O)C(C)C. The first kappa shape index (κ1) is 20.9. The minimum Gasteiger partial charge on any atom is -0.393 e. The summed E-state index contributed by atoms with van der Waals surface area (Å²) in [7, 11) is 0. The Hall–Kier alpha value is -0.0800. The summed E-state index contributed by atoms with van der Waals surface area (Å²) in [6.07, 6.45) is 7.75. The van der Waals surface area contributed by atoms with Crippen LogP contribution in [0.2, 0.25) is 0 Å². The molecule has 0 aliphatic rings. The average Bonchev–Trinajstić information content (AvgIpc) is 2.45. The zero-order valence-electron chi connectivity index (χ0n) is 15.3. The zero-order chi connectivity index (χ0) is 16.4. The molecule has 0 saturated carbocycles. The Morgan fingerprint density at radius 3 is 1.19 bits per heavy atom. The van der Waals surface area contributed by atoms with Crippen LogP contribution >= 0.6 is 0 Å². The Morgan fingerprint density at radius 2 is 0.952 bits per heavy atom. The highest BCUT2D eigenvalue weighted by Gasteiger charge is 2.21. The van der Waals surface area contributed by atoms with Crippen LogP contribution in [0, 0.1) is 23.7 Å². The molecular formula is C19H40O2. The van der Waals surface area contributed by atoms with Crippen molar-refractivity contribution in [3.63, 3.8) is 0 Å². The third-order valence-electron chi connectivity index (χ3n) is 5.03. The van der Waals surface area contributed by atoms with Gasteiger partial charge in [0.05, 0.1) is 12.2 Å². The normalized spacial score (nSPS) is 18.0. The molecule has 0 bridgehead atoms. The van der Waals surface area contributed by atoms with Gasteiger partial charge in [0.25, 0.3) is 0 Å². The van der Waals surface area contributed by atoms with E-state index in [1.807, 2.05) is 0 Å². The fourth-order valence-corrected chi connectivity index (χ4v) is 3.31. The van der Waals surface area contributed by atoms with Crippen LogP contribution in [0.3, 0.4) is 0 Å². The van der Waals surface area contributed by atoms with Gasteiger partial charge in [0.2, 0.25) is 0 Å². The van der Waals surface area contributed by atoms with E-state index in [9.17, 15) is 10.2 Å². The molecule has 21 heavy (non-hydrogen) atoms. The Labute approximate surface area is 133 Å². The quantitative estimate of drug-likeness (QED) is 0.497. The van der Waals surface area contributed by atoms with Gasteiger partial charge in [-0.1, -0.05) is 73.6 Å². The van der Waals surface area contributed by atoms with Crippen LogP contribution in [-0.4, -0.2) is 22.4 Å². The summed E-state index contributed by atoms with van der Waals surface area (Å²) in [5.74, 6) is 1.63. The van der Waals surface area contributed by atoms with Gasteiger partial charge in [0, 0.05) is 0 Å². The molecule has 128 valence electrons. The molecule has 0 heterocycles. The first-order chi connectivity index (χ1) is 9.84. The van der Waals surface area contributed by atoms with Gasteiger partial charge >= 0.3 is 0 Å². The van der Waals surface area contributed by atoms with Crippen molar-refractivity contribution in [2.45, 2.75) is 98.7 Å². The van der Waals surface area contributed by atoms with Crippen LogP contribution in [0.1, 0.15) is 86.5 Å². The molecule has 0 amide bonds. The molecule has 0 aliphatic carbocycles. The van der Waals surface area contributed by atoms with Crippen LogP contribution in [0.4, 0.5) is 0 Å². The summed E-state index contributed by atoms with van der Waals surface area (Å²) in [6.45, 7) is 12.8. The van der Waals surface area contributed by atoms with E-state index >= 15 is 0 Å². The molecule has 0 aromatic carbocycles. The second-order valence-electron chi connectivity index (χ2n) is 7.44. The van der Waals surface area contributed by atoms with E-state index in [2.05, 4.69) is 41.5 Å². The highest BCUT2D eigenvalue weighted by Crippen LogP contribution is 2.25. The molecule has 4 atom stereocenters. The lowest BCUT2D eigenvalue weighted by atomic mass is 9.85. The van der Waals surface area contributed by atoms with Gasteiger partial charge in [-0.25, -0.2) is 0 Å². The van der Waals surface area contributed by atoms with Crippen molar-refractivity contribution in [1.29, 1.82) is 0 Å². The maximum Gasteiger partial charge on any atom is 0.0591 e. The second kappa shape index (κ2) is 11.5. The van der Waals surface area contributed by atoms with Crippen molar-refractivity contribution in [2.24, 2.45) is 23.7 Å². The van der Waals surface area contributed by atoms with Crippen LogP contribution in [0.15, 0.2) is 0 Å². The number of hydrogen-bond acceptors (Lipinski definition) is 2. The predicted molar refractivity (Wildman–Crippen MR) is 92.3 cm³/mol. The van der Waals surface area contributed by atoms with Crippen molar-refractivity contribution in [3.8, 4) is 0 Å². The topological polar surface area (TPSA) is 40.5 Å². The zero-order valence-corrected chi connectivity index (χ0v) is 15.3. The molecule has 0 aliphatic heterocycles.